The third kappa shape index (κ3) is 2.82. The molecule has 0 spiro atoms. The van der Waals surface area contributed by atoms with E-state index in [2.05, 4.69) is 5.16 Å². The number of aromatic nitrogens is 1. The van der Waals surface area contributed by atoms with Gasteiger partial charge in [-0.1, -0.05) is 5.16 Å². The Hall–Kier alpha value is -0.880. The number of aryl methyl sites for hydroxylation is 1. The molecule has 0 saturated heterocycles. The fourth-order valence-corrected chi connectivity index (χ4v) is 1.22. The Balaban J connectivity index is 2.71. The first-order valence-corrected chi connectivity index (χ1v) is 5.69. The standard InChI is InChI=1S/C7H13N3O2S/c1-6-4-7(9-12-6)5-10(2)13(3,8)11/h4,8H,5H2,1-3H3. The molecular formula is C7H13N3O2S. The minimum absolute atomic E-state index is 0.371. The third-order valence-electron chi connectivity index (χ3n) is 1.66. The summed E-state index contributed by atoms with van der Waals surface area (Å²) < 4.78 is 24.8. The highest BCUT2D eigenvalue weighted by molar-refractivity contribution is 7.89. The van der Waals surface area contributed by atoms with Crippen molar-refractivity contribution in [1.29, 1.82) is 4.78 Å². The summed E-state index contributed by atoms with van der Waals surface area (Å²) in [5.74, 6) is 0.719. The summed E-state index contributed by atoms with van der Waals surface area (Å²) in [5.41, 5.74) is 0.696. The van der Waals surface area contributed by atoms with E-state index in [1.165, 1.54) is 10.6 Å². The molecule has 1 rings (SSSR count). The zero-order valence-corrected chi connectivity index (χ0v) is 8.72. The first-order chi connectivity index (χ1) is 5.89. The van der Waals surface area contributed by atoms with Gasteiger partial charge < -0.3 is 4.52 Å². The maximum atomic E-state index is 11.2. The molecule has 0 aromatic carbocycles. The van der Waals surface area contributed by atoms with Crippen molar-refractivity contribution in [1.82, 2.24) is 9.46 Å². The molecule has 1 aromatic rings. The van der Waals surface area contributed by atoms with Crippen LogP contribution in [0.15, 0.2) is 10.6 Å². The van der Waals surface area contributed by atoms with Crippen molar-refractivity contribution in [3.05, 3.63) is 17.5 Å². The molecule has 0 radical (unpaired) electrons. The summed E-state index contributed by atoms with van der Waals surface area (Å²) in [6, 6.07) is 1.77. The molecule has 74 valence electrons. The Kier molecular flexibility index (Phi) is 2.72. The zero-order valence-electron chi connectivity index (χ0n) is 7.90. The van der Waals surface area contributed by atoms with E-state index < -0.39 is 9.92 Å². The number of rotatable bonds is 3. The lowest BCUT2D eigenvalue weighted by Crippen LogP contribution is -2.23. The molecule has 1 aromatic heterocycles. The second-order valence-corrected chi connectivity index (χ2v) is 5.25. The highest BCUT2D eigenvalue weighted by Crippen LogP contribution is 2.06. The molecule has 0 aliphatic heterocycles. The molecule has 13 heavy (non-hydrogen) atoms. The fraction of sp³-hybridized carbons (Fsp3) is 0.571. The van der Waals surface area contributed by atoms with Crippen molar-refractivity contribution >= 4 is 9.92 Å². The predicted molar refractivity (Wildman–Crippen MR) is 49.5 cm³/mol. The van der Waals surface area contributed by atoms with E-state index in [1.807, 2.05) is 0 Å². The molecule has 1 atom stereocenters. The number of nitrogens with zero attached hydrogens (tertiary/aromatic N) is 2. The van der Waals surface area contributed by atoms with Gasteiger partial charge in [0.1, 0.15) is 15.7 Å². The van der Waals surface area contributed by atoms with Gasteiger partial charge in [-0.15, -0.1) is 0 Å². The van der Waals surface area contributed by atoms with Gasteiger partial charge >= 0.3 is 0 Å². The number of hydrogen-bond acceptors (Lipinski definition) is 4. The van der Waals surface area contributed by atoms with Crippen LogP contribution in [0.4, 0.5) is 0 Å². The lowest BCUT2D eigenvalue weighted by Gasteiger charge is -2.13. The highest BCUT2D eigenvalue weighted by Gasteiger charge is 2.10. The largest absolute Gasteiger partial charge is 0.361 e. The van der Waals surface area contributed by atoms with Crippen LogP contribution in [0, 0.1) is 11.7 Å². The van der Waals surface area contributed by atoms with Crippen LogP contribution in [0.5, 0.6) is 0 Å². The Labute approximate surface area is 77.8 Å². The maximum Gasteiger partial charge on any atom is 0.133 e. The maximum absolute atomic E-state index is 11.2. The lowest BCUT2D eigenvalue weighted by atomic mass is 10.4. The van der Waals surface area contributed by atoms with Gasteiger partial charge in [-0.2, -0.15) is 0 Å². The molecule has 5 nitrogen and oxygen atoms in total. The quantitative estimate of drug-likeness (QED) is 0.796. The predicted octanol–water partition coefficient (Wildman–Crippen LogP) is 1.01. The van der Waals surface area contributed by atoms with Crippen LogP contribution < -0.4 is 0 Å². The van der Waals surface area contributed by atoms with Crippen molar-refractivity contribution in [2.45, 2.75) is 13.5 Å². The van der Waals surface area contributed by atoms with E-state index in [9.17, 15) is 4.21 Å². The number of nitrogens with one attached hydrogen (secondary N) is 1. The van der Waals surface area contributed by atoms with Gasteiger partial charge in [0.05, 0.1) is 12.2 Å². The second kappa shape index (κ2) is 3.47. The molecule has 0 bridgehead atoms. The van der Waals surface area contributed by atoms with Crippen LogP contribution in [0.2, 0.25) is 0 Å². The van der Waals surface area contributed by atoms with Gasteiger partial charge in [-0.05, 0) is 6.92 Å². The van der Waals surface area contributed by atoms with Gasteiger partial charge in [0.15, 0.2) is 0 Å². The van der Waals surface area contributed by atoms with E-state index in [-0.39, 0.29) is 0 Å². The van der Waals surface area contributed by atoms with Crippen molar-refractivity contribution in [3.63, 3.8) is 0 Å². The van der Waals surface area contributed by atoms with Gasteiger partial charge in [-0.25, -0.2) is 13.3 Å². The zero-order chi connectivity index (χ0) is 10.1. The molecular weight excluding hydrogens is 190 g/mol. The van der Waals surface area contributed by atoms with E-state index in [4.69, 9.17) is 9.30 Å². The van der Waals surface area contributed by atoms with Crippen molar-refractivity contribution in [3.8, 4) is 0 Å². The summed E-state index contributed by atoms with van der Waals surface area (Å²) in [4.78, 5) is 0. The van der Waals surface area contributed by atoms with Crippen LogP contribution in [0.25, 0.3) is 0 Å². The average Bonchev–Trinajstić information content (AvgIpc) is 2.33. The first-order valence-electron chi connectivity index (χ1n) is 3.77. The molecule has 0 aliphatic carbocycles. The highest BCUT2D eigenvalue weighted by atomic mass is 32.2. The van der Waals surface area contributed by atoms with Gasteiger partial charge in [0, 0.05) is 19.4 Å². The van der Waals surface area contributed by atoms with E-state index >= 15 is 0 Å². The first kappa shape index (κ1) is 10.2. The Morgan fingerprint density at radius 3 is 2.77 bits per heavy atom. The topological polar surface area (TPSA) is 70.2 Å². The fourth-order valence-electron chi connectivity index (χ4n) is 0.844. The van der Waals surface area contributed by atoms with Gasteiger partial charge in [0.2, 0.25) is 0 Å². The SMILES string of the molecule is Cc1cc(CN(C)S(C)(=N)=O)no1. The van der Waals surface area contributed by atoms with E-state index in [0.717, 1.165) is 5.76 Å². The Bertz CT molecular complexity index is 382. The molecule has 1 unspecified atom stereocenters. The number of hydrogen-bond donors (Lipinski definition) is 1. The minimum atomic E-state index is -2.64. The van der Waals surface area contributed by atoms with Crippen molar-refractivity contribution in [2.24, 2.45) is 0 Å². The summed E-state index contributed by atoms with van der Waals surface area (Å²) in [6.07, 6.45) is 1.37. The van der Waals surface area contributed by atoms with E-state index in [1.54, 1.807) is 20.0 Å². The summed E-state index contributed by atoms with van der Waals surface area (Å²) in [5, 5.41) is 3.74. The van der Waals surface area contributed by atoms with Crippen molar-refractivity contribution < 1.29 is 8.73 Å². The Morgan fingerprint density at radius 2 is 2.38 bits per heavy atom. The summed E-state index contributed by atoms with van der Waals surface area (Å²) in [6.45, 7) is 2.16. The molecule has 0 aliphatic rings. The van der Waals surface area contributed by atoms with Crippen molar-refractivity contribution in [2.75, 3.05) is 13.3 Å². The molecule has 1 heterocycles. The van der Waals surface area contributed by atoms with Crippen LogP contribution in [0.3, 0.4) is 0 Å². The second-order valence-electron chi connectivity index (χ2n) is 3.02. The Morgan fingerprint density at radius 1 is 1.77 bits per heavy atom. The monoisotopic (exact) mass is 203 g/mol. The van der Waals surface area contributed by atoms with Crippen LogP contribution in [-0.2, 0) is 16.5 Å². The lowest BCUT2D eigenvalue weighted by molar-refractivity contribution is 0.381. The smallest absolute Gasteiger partial charge is 0.133 e. The van der Waals surface area contributed by atoms with Gasteiger partial charge in [0.25, 0.3) is 0 Å². The molecule has 0 amide bonds. The molecule has 6 heteroatoms. The van der Waals surface area contributed by atoms with Crippen LogP contribution in [0.1, 0.15) is 11.5 Å². The molecule has 0 saturated carbocycles. The average molecular weight is 203 g/mol. The van der Waals surface area contributed by atoms with E-state index in [0.29, 0.717) is 12.2 Å². The van der Waals surface area contributed by atoms with Crippen LogP contribution in [-0.4, -0.2) is 27.0 Å². The summed E-state index contributed by atoms with van der Waals surface area (Å²) in [7, 11) is -1.02. The van der Waals surface area contributed by atoms with Crippen LogP contribution >= 0.6 is 0 Å². The summed E-state index contributed by atoms with van der Waals surface area (Å²) >= 11 is 0. The van der Waals surface area contributed by atoms with Gasteiger partial charge in [-0.3, -0.25) is 0 Å². The molecule has 1 N–H and O–H groups in total. The normalized spacial score (nSPS) is 16.0. The third-order valence-corrected chi connectivity index (χ3v) is 2.97. The molecule has 0 fully saturated rings. The minimum Gasteiger partial charge on any atom is -0.361 e.